The Morgan fingerprint density at radius 1 is 0.537 bits per heavy atom. The van der Waals surface area contributed by atoms with Crippen molar-refractivity contribution in [2.75, 3.05) is 0 Å². The lowest BCUT2D eigenvalue weighted by Crippen LogP contribution is -2.15. The third-order valence-corrected chi connectivity index (χ3v) is 9.36. The van der Waals surface area contributed by atoms with Crippen LogP contribution in [0.1, 0.15) is 72.9 Å². The van der Waals surface area contributed by atoms with E-state index >= 15 is 0 Å². The summed E-state index contributed by atoms with van der Waals surface area (Å²) in [6, 6.07) is 24.0. The minimum Gasteiger partial charge on any atom is -0.378 e. The van der Waals surface area contributed by atoms with Crippen LogP contribution in [0.5, 0.6) is 11.5 Å². The smallest absolute Gasteiger partial charge is 0.339 e. The third kappa shape index (κ3) is 7.00. The fourth-order valence-corrected chi connectivity index (χ4v) is 6.51. The Morgan fingerprint density at radius 2 is 0.878 bits per heavy atom. The lowest BCUT2D eigenvalue weighted by molar-refractivity contribution is 0.476. The summed E-state index contributed by atoms with van der Waals surface area (Å²) in [6.07, 6.45) is 0.193. The highest BCUT2D eigenvalue weighted by molar-refractivity contribution is 7.87. The molecule has 0 aliphatic carbocycles. The van der Waals surface area contributed by atoms with E-state index in [-0.39, 0.29) is 39.5 Å². The van der Waals surface area contributed by atoms with Gasteiger partial charge in [0.25, 0.3) is 0 Å². The van der Waals surface area contributed by atoms with Crippen LogP contribution in [0, 0.1) is 13.8 Å². The van der Waals surface area contributed by atoms with Crippen molar-refractivity contribution in [1.82, 2.24) is 0 Å². The van der Waals surface area contributed by atoms with E-state index in [0.717, 1.165) is 22.3 Å². The first-order chi connectivity index (χ1) is 19.3. The molecule has 6 nitrogen and oxygen atoms in total. The molecule has 0 aliphatic rings. The van der Waals surface area contributed by atoms with E-state index in [1.165, 1.54) is 24.3 Å². The number of rotatable bonds is 10. The van der Waals surface area contributed by atoms with Crippen molar-refractivity contribution in [1.29, 1.82) is 0 Å². The van der Waals surface area contributed by atoms with Crippen LogP contribution in [0.3, 0.4) is 0 Å². The van der Waals surface area contributed by atoms with Gasteiger partial charge in [0.2, 0.25) is 0 Å². The van der Waals surface area contributed by atoms with Crippen LogP contribution in [0.25, 0.3) is 0 Å². The third-order valence-electron chi connectivity index (χ3n) is 6.88. The number of aryl methyl sites for hydroxylation is 2. The zero-order valence-electron chi connectivity index (χ0n) is 24.2. The quantitative estimate of drug-likeness (QED) is 0.176. The minimum absolute atomic E-state index is 0.0298. The lowest BCUT2D eigenvalue weighted by atomic mass is 9.93. The molecule has 0 radical (unpaired) electrons. The van der Waals surface area contributed by atoms with Crippen LogP contribution in [0.4, 0.5) is 0 Å². The first-order valence-corrected chi connectivity index (χ1v) is 16.4. The molecule has 0 aliphatic heterocycles. The van der Waals surface area contributed by atoms with E-state index in [1.54, 1.807) is 36.4 Å². The molecule has 4 rings (SSSR count). The molecule has 0 heterocycles. The second kappa shape index (κ2) is 12.1. The maximum absolute atomic E-state index is 13.3. The van der Waals surface area contributed by atoms with Gasteiger partial charge in [0, 0.05) is 17.5 Å². The molecule has 0 saturated heterocycles. The van der Waals surface area contributed by atoms with Crippen LogP contribution < -0.4 is 8.37 Å². The van der Waals surface area contributed by atoms with E-state index in [1.807, 2.05) is 65.8 Å². The maximum Gasteiger partial charge on any atom is 0.339 e. The Morgan fingerprint density at radius 3 is 1.20 bits per heavy atom. The first-order valence-electron chi connectivity index (χ1n) is 13.5. The van der Waals surface area contributed by atoms with Gasteiger partial charge in [-0.15, -0.1) is 0 Å². The molecule has 0 unspecified atom stereocenters. The molecule has 4 aromatic carbocycles. The van der Waals surface area contributed by atoms with E-state index in [2.05, 4.69) is 0 Å². The van der Waals surface area contributed by atoms with Gasteiger partial charge in [0.1, 0.15) is 21.3 Å². The first kappa shape index (κ1) is 30.3. The Labute approximate surface area is 244 Å². The predicted octanol–water partition coefficient (Wildman–Crippen LogP) is 7.68. The van der Waals surface area contributed by atoms with E-state index in [4.69, 9.17) is 8.37 Å². The summed E-state index contributed by atoms with van der Waals surface area (Å²) >= 11 is 0. The van der Waals surface area contributed by atoms with Crippen LogP contribution in [-0.4, -0.2) is 16.8 Å². The van der Waals surface area contributed by atoms with Crippen LogP contribution in [-0.2, 0) is 26.7 Å². The van der Waals surface area contributed by atoms with Gasteiger partial charge in [-0.25, -0.2) is 0 Å². The molecule has 4 aromatic rings. The lowest BCUT2D eigenvalue weighted by Gasteiger charge is -2.20. The molecule has 0 fully saturated rings. The largest absolute Gasteiger partial charge is 0.378 e. The molecular formula is C33H36O6S2. The van der Waals surface area contributed by atoms with Crippen molar-refractivity contribution in [2.24, 2.45) is 0 Å². The van der Waals surface area contributed by atoms with Gasteiger partial charge in [-0.05, 0) is 61.1 Å². The number of hydrogen-bond acceptors (Lipinski definition) is 6. The van der Waals surface area contributed by atoms with Gasteiger partial charge < -0.3 is 8.37 Å². The summed E-state index contributed by atoms with van der Waals surface area (Å²) in [4.78, 5) is 0.116. The monoisotopic (exact) mass is 592 g/mol. The van der Waals surface area contributed by atoms with Crippen LogP contribution in [0.15, 0.2) is 94.7 Å². The Kier molecular flexibility index (Phi) is 8.94. The second-order valence-electron chi connectivity index (χ2n) is 10.9. The van der Waals surface area contributed by atoms with Gasteiger partial charge in [-0.1, -0.05) is 99.5 Å². The van der Waals surface area contributed by atoms with Crippen molar-refractivity contribution in [3.8, 4) is 11.5 Å². The molecule has 41 heavy (non-hydrogen) atoms. The van der Waals surface area contributed by atoms with Gasteiger partial charge in [-0.2, -0.15) is 16.8 Å². The summed E-state index contributed by atoms with van der Waals surface area (Å²) in [7, 11) is -8.26. The van der Waals surface area contributed by atoms with Crippen molar-refractivity contribution in [3.05, 3.63) is 118 Å². The molecular weight excluding hydrogens is 556 g/mol. The fourth-order valence-electron chi connectivity index (χ4n) is 4.53. The molecule has 0 spiro atoms. The van der Waals surface area contributed by atoms with Gasteiger partial charge in [0.15, 0.2) is 0 Å². The Bertz CT molecular complexity index is 1610. The molecule has 0 amide bonds. The van der Waals surface area contributed by atoms with Crippen LogP contribution in [0.2, 0.25) is 0 Å². The highest BCUT2D eigenvalue weighted by Gasteiger charge is 2.26. The average molecular weight is 593 g/mol. The summed E-state index contributed by atoms with van der Waals surface area (Å²) in [6.45, 7) is 11.6. The topological polar surface area (TPSA) is 86.7 Å². The standard InChI is InChI=1S/C33H36O6S2/c1-22(2)30-11-7-9-26(32(30)38-40(34,35)28-17-13-24(5)14-18-28)21-27-10-8-12-31(23(3)4)33(27)39-41(36,37)29-19-15-25(6)16-20-29/h7-20,22-23H,21H2,1-6H3. The number of para-hydroxylation sites is 2. The summed E-state index contributed by atoms with van der Waals surface area (Å²) < 4.78 is 65.1. The summed E-state index contributed by atoms with van der Waals surface area (Å²) in [5.41, 5.74) is 4.53. The maximum atomic E-state index is 13.3. The molecule has 8 heteroatoms. The van der Waals surface area contributed by atoms with Crippen LogP contribution >= 0.6 is 0 Å². The molecule has 0 bridgehead atoms. The molecule has 0 atom stereocenters. The van der Waals surface area contributed by atoms with Crippen molar-refractivity contribution in [2.45, 2.75) is 69.6 Å². The minimum atomic E-state index is -4.13. The number of hydrogen-bond donors (Lipinski definition) is 0. The van der Waals surface area contributed by atoms with Gasteiger partial charge >= 0.3 is 20.2 Å². The highest BCUT2D eigenvalue weighted by atomic mass is 32.2. The van der Waals surface area contributed by atoms with Gasteiger partial charge in [-0.3, -0.25) is 0 Å². The average Bonchev–Trinajstić information content (AvgIpc) is 2.90. The molecule has 216 valence electrons. The second-order valence-corrected chi connectivity index (χ2v) is 14.0. The molecule has 0 N–H and O–H groups in total. The Hall–Kier alpha value is -3.62. The summed E-state index contributed by atoms with van der Waals surface area (Å²) in [5.74, 6) is 0.423. The SMILES string of the molecule is Cc1ccc(S(=O)(=O)Oc2c(Cc3cccc(C(C)C)c3OS(=O)(=O)c3ccc(C)cc3)cccc2C(C)C)cc1. The molecule has 0 saturated carbocycles. The van der Waals surface area contributed by atoms with E-state index in [9.17, 15) is 16.8 Å². The van der Waals surface area contributed by atoms with Crippen molar-refractivity contribution >= 4 is 20.2 Å². The van der Waals surface area contributed by atoms with Gasteiger partial charge in [0.05, 0.1) is 0 Å². The zero-order chi connectivity index (χ0) is 29.9. The van der Waals surface area contributed by atoms with Crippen molar-refractivity contribution < 1.29 is 25.2 Å². The Balaban J connectivity index is 1.80. The van der Waals surface area contributed by atoms with Crippen molar-refractivity contribution in [3.63, 3.8) is 0 Å². The van der Waals surface area contributed by atoms with E-state index in [0.29, 0.717) is 11.1 Å². The summed E-state index contributed by atoms with van der Waals surface area (Å²) in [5, 5.41) is 0. The fraction of sp³-hybridized carbons (Fsp3) is 0.273. The highest BCUT2D eigenvalue weighted by Crippen LogP contribution is 2.38. The zero-order valence-corrected chi connectivity index (χ0v) is 25.8. The number of benzene rings is 4. The predicted molar refractivity (Wildman–Crippen MR) is 162 cm³/mol. The van der Waals surface area contributed by atoms with E-state index < -0.39 is 20.2 Å². The molecule has 0 aromatic heterocycles. The normalized spacial score (nSPS) is 12.1.